The number of carboxylic acid groups (broad SMARTS) is 1. The first-order chi connectivity index (χ1) is 10.1. The van der Waals surface area contributed by atoms with Crippen LogP contribution in [0.4, 0.5) is 4.79 Å². The third-order valence-corrected chi connectivity index (χ3v) is 3.22. The Balaban J connectivity index is 2.01. The van der Waals surface area contributed by atoms with Gasteiger partial charge in [-0.1, -0.05) is 36.6 Å². The van der Waals surface area contributed by atoms with Gasteiger partial charge in [0.2, 0.25) is 0 Å². The molecule has 0 aliphatic carbocycles. The molecule has 1 aromatic rings. The smallest absolute Gasteiger partial charge is 0.315 e. The van der Waals surface area contributed by atoms with E-state index >= 15 is 0 Å². The van der Waals surface area contributed by atoms with Crippen LogP contribution in [-0.2, 0) is 11.3 Å². The average molecular weight is 313 g/mol. The van der Waals surface area contributed by atoms with E-state index in [0.717, 1.165) is 24.8 Å². The Labute approximate surface area is 129 Å². The second-order valence-corrected chi connectivity index (χ2v) is 5.23. The Hall–Kier alpha value is -1.75. The van der Waals surface area contributed by atoms with Crippen molar-refractivity contribution in [1.82, 2.24) is 10.6 Å². The highest BCUT2D eigenvalue weighted by atomic mass is 35.5. The Morgan fingerprint density at radius 2 is 1.67 bits per heavy atom. The molecule has 0 heterocycles. The van der Waals surface area contributed by atoms with E-state index in [1.54, 1.807) is 12.1 Å². The summed E-state index contributed by atoms with van der Waals surface area (Å²) in [5, 5.41) is 14.7. The van der Waals surface area contributed by atoms with E-state index in [2.05, 4.69) is 10.6 Å². The Kier molecular flexibility index (Phi) is 8.28. The molecule has 2 amide bonds. The van der Waals surface area contributed by atoms with Crippen molar-refractivity contribution in [3.63, 3.8) is 0 Å². The fraction of sp³-hybridized carbons (Fsp3) is 0.467. The molecular weight excluding hydrogens is 292 g/mol. The molecule has 21 heavy (non-hydrogen) atoms. The number of unbranched alkanes of at least 4 members (excludes halogenated alkanes) is 3. The fourth-order valence-electron chi connectivity index (χ4n) is 1.80. The van der Waals surface area contributed by atoms with Crippen LogP contribution in [0.15, 0.2) is 24.3 Å². The van der Waals surface area contributed by atoms with E-state index < -0.39 is 5.97 Å². The summed E-state index contributed by atoms with van der Waals surface area (Å²) in [5.74, 6) is -0.755. The molecule has 0 unspecified atom stereocenters. The number of carbonyl (C=O) groups excluding carboxylic acids is 1. The number of amides is 2. The van der Waals surface area contributed by atoms with Crippen LogP contribution in [0.25, 0.3) is 0 Å². The van der Waals surface area contributed by atoms with Crippen LogP contribution in [0.1, 0.15) is 37.7 Å². The summed E-state index contributed by atoms with van der Waals surface area (Å²) in [6.45, 7) is 1.06. The van der Waals surface area contributed by atoms with Crippen molar-refractivity contribution in [3.05, 3.63) is 34.9 Å². The maximum absolute atomic E-state index is 11.5. The summed E-state index contributed by atoms with van der Waals surface area (Å²) < 4.78 is 0. The maximum atomic E-state index is 11.5. The Bertz CT molecular complexity index is 449. The second-order valence-electron chi connectivity index (χ2n) is 4.79. The van der Waals surface area contributed by atoms with Crippen molar-refractivity contribution < 1.29 is 14.7 Å². The van der Waals surface area contributed by atoms with Crippen LogP contribution in [0.2, 0.25) is 5.02 Å². The molecule has 0 bridgehead atoms. The van der Waals surface area contributed by atoms with E-state index in [1.807, 2.05) is 12.1 Å². The van der Waals surface area contributed by atoms with Crippen LogP contribution in [-0.4, -0.2) is 23.7 Å². The van der Waals surface area contributed by atoms with Gasteiger partial charge in [-0.05, 0) is 30.5 Å². The lowest BCUT2D eigenvalue weighted by atomic mass is 10.1. The standard InChI is InChI=1S/C15H21ClN2O3/c16-13-8-6-12(7-9-13)11-18-15(21)17-10-4-2-1-3-5-14(19)20/h6-9H,1-5,10-11H2,(H,19,20)(H2,17,18,21). The molecule has 0 atom stereocenters. The van der Waals surface area contributed by atoms with Gasteiger partial charge in [-0.2, -0.15) is 0 Å². The van der Waals surface area contributed by atoms with Gasteiger partial charge in [-0.15, -0.1) is 0 Å². The molecule has 1 aromatic carbocycles. The molecule has 0 saturated heterocycles. The molecule has 5 nitrogen and oxygen atoms in total. The molecule has 0 aromatic heterocycles. The van der Waals surface area contributed by atoms with Crippen molar-refractivity contribution in [3.8, 4) is 0 Å². The number of nitrogens with one attached hydrogen (secondary N) is 2. The zero-order chi connectivity index (χ0) is 15.5. The molecule has 0 aliphatic rings. The van der Waals surface area contributed by atoms with Gasteiger partial charge in [0.15, 0.2) is 0 Å². The molecule has 3 N–H and O–H groups in total. The van der Waals surface area contributed by atoms with Crippen LogP contribution < -0.4 is 10.6 Å². The van der Waals surface area contributed by atoms with Gasteiger partial charge in [0.25, 0.3) is 0 Å². The number of rotatable bonds is 9. The summed E-state index contributed by atoms with van der Waals surface area (Å²) in [6, 6.07) is 7.10. The van der Waals surface area contributed by atoms with E-state index in [1.165, 1.54) is 0 Å². The van der Waals surface area contributed by atoms with Gasteiger partial charge in [0.05, 0.1) is 0 Å². The summed E-state index contributed by atoms with van der Waals surface area (Å²) in [6.07, 6.45) is 3.56. The summed E-state index contributed by atoms with van der Waals surface area (Å²) in [5.41, 5.74) is 0.989. The Morgan fingerprint density at radius 1 is 1.00 bits per heavy atom. The molecule has 0 aliphatic heterocycles. The minimum atomic E-state index is -0.755. The lowest BCUT2D eigenvalue weighted by molar-refractivity contribution is -0.137. The lowest BCUT2D eigenvalue weighted by Crippen LogP contribution is -2.35. The summed E-state index contributed by atoms with van der Waals surface area (Å²) in [7, 11) is 0. The number of carbonyl (C=O) groups is 2. The first-order valence-electron chi connectivity index (χ1n) is 7.06. The highest BCUT2D eigenvalue weighted by Gasteiger charge is 2.00. The van der Waals surface area contributed by atoms with Crippen molar-refractivity contribution >= 4 is 23.6 Å². The molecule has 6 heteroatoms. The van der Waals surface area contributed by atoms with Crippen molar-refractivity contribution in [2.75, 3.05) is 6.54 Å². The number of urea groups is 1. The van der Waals surface area contributed by atoms with Crippen molar-refractivity contribution in [1.29, 1.82) is 0 Å². The highest BCUT2D eigenvalue weighted by Crippen LogP contribution is 2.09. The number of benzene rings is 1. The third-order valence-electron chi connectivity index (χ3n) is 2.97. The SMILES string of the molecule is O=C(O)CCCCCCNC(=O)NCc1ccc(Cl)cc1. The average Bonchev–Trinajstić information content (AvgIpc) is 2.45. The van der Waals surface area contributed by atoms with E-state index in [-0.39, 0.29) is 12.5 Å². The first-order valence-corrected chi connectivity index (χ1v) is 7.43. The molecule has 0 fully saturated rings. The van der Waals surface area contributed by atoms with Gasteiger partial charge in [-0.25, -0.2) is 4.79 Å². The van der Waals surface area contributed by atoms with E-state index in [9.17, 15) is 9.59 Å². The largest absolute Gasteiger partial charge is 0.481 e. The van der Waals surface area contributed by atoms with Crippen LogP contribution in [0.5, 0.6) is 0 Å². The predicted molar refractivity (Wildman–Crippen MR) is 82.4 cm³/mol. The fourth-order valence-corrected chi connectivity index (χ4v) is 1.93. The second kappa shape index (κ2) is 10.0. The molecule has 1 rings (SSSR count). The highest BCUT2D eigenvalue weighted by molar-refractivity contribution is 6.30. The normalized spacial score (nSPS) is 10.1. The summed E-state index contributed by atoms with van der Waals surface area (Å²) in [4.78, 5) is 21.8. The maximum Gasteiger partial charge on any atom is 0.315 e. The van der Waals surface area contributed by atoms with Gasteiger partial charge in [0.1, 0.15) is 0 Å². The molecule has 0 saturated carbocycles. The van der Waals surface area contributed by atoms with Crippen molar-refractivity contribution in [2.24, 2.45) is 0 Å². The van der Waals surface area contributed by atoms with Crippen molar-refractivity contribution in [2.45, 2.75) is 38.6 Å². The number of aliphatic carboxylic acids is 1. The molecular formula is C15H21ClN2O3. The quantitative estimate of drug-likeness (QED) is 0.613. The molecule has 0 radical (unpaired) electrons. The predicted octanol–water partition coefficient (Wildman–Crippen LogP) is 3.17. The number of halogens is 1. The zero-order valence-electron chi connectivity index (χ0n) is 11.9. The van der Waals surface area contributed by atoms with Crippen LogP contribution in [0, 0.1) is 0 Å². The monoisotopic (exact) mass is 312 g/mol. The summed E-state index contributed by atoms with van der Waals surface area (Å²) >= 11 is 5.78. The van der Waals surface area contributed by atoms with E-state index in [0.29, 0.717) is 24.5 Å². The third kappa shape index (κ3) is 8.92. The van der Waals surface area contributed by atoms with Gasteiger partial charge < -0.3 is 15.7 Å². The lowest BCUT2D eigenvalue weighted by Gasteiger charge is -2.07. The van der Waals surface area contributed by atoms with Crippen LogP contribution >= 0.6 is 11.6 Å². The van der Waals surface area contributed by atoms with E-state index in [4.69, 9.17) is 16.7 Å². The minimum Gasteiger partial charge on any atom is -0.481 e. The number of hydrogen-bond acceptors (Lipinski definition) is 2. The van der Waals surface area contributed by atoms with Gasteiger partial charge in [0, 0.05) is 24.5 Å². The van der Waals surface area contributed by atoms with Gasteiger partial charge in [-0.3, -0.25) is 4.79 Å². The molecule has 0 spiro atoms. The first kappa shape index (κ1) is 17.3. The number of hydrogen-bond donors (Lipinski definition) is 3. The minimum absolute atomic E-state index is 0.199. The Morgan fingerprint density at radius 3 is 2.33 bits per heavy atom. The van der Waals surface area contributed by atoms with Crippen LogP contribution in [0.3, 0.4) is 0 Å². The number of carboxylic acids is 1. The topological polar surface area (TPSA) is 78.4 Å². The molecule has 116 valence electrons. The van der Waals surface area contributed by atoms with Gasteiger partial charge >= 0.3 is 12.0 Å². The zero-order valence-corrected chi connectivity index (χ0v) is 12.7.